The number of hydrogen-bond donors (Lipinski definition) is 3. The van der Waals surface area contributed by atoms with Crippen molar-refractivity contribution in [3.05, 3.63) is 11.6 Å². The number of amides is 1. The summed E-state index contributed by atoms with van der Waals surface area (Å²) in [5, 5.41) is 17.3. The quantitative estimate of drug-likeness (QED) is 0.672. The van der Waals surface area contributed by atoms with Crippen molar-refractivity contribution in [2.24, 2.45) is 11.8 Å². The maximum Gasteiger partial charge on any atom is 0.217 e. The minimum Gasteiger partial charge on any atom is -0.386 e. The molecule has 5 nitrogen and oxygen atoms in total. The zero-order chi connectivity index (χ0) is 16.6. The Morgan fingerprint density at radius 2 is 2.30 bits per heavy atom. The van der Waals surface area contributed by atoms with Gasteiger partial charge in [0.1, 0.15) is 6.10 Å². The van der Waals surface area contributed by atoms with Gasteiger partial charge < -0.3 is 20.5 Å². The van der Waals surface area contributed by atoms with Gasteiger partial charge in [-0.25, -0.2) is 0 Å². The third kappa shape index (κ3) is 3.32. The largest absolute Gasteiger partial charge is 0.386 e. The number of hydrogen-bond acceptors (Lipinski definition) is 4. The molecule has 0 spiro atoms. The molecule has 3 N–H and O–H groups in total. The summed E-state index contributed by atoms with van der Waals surface area (Å²) in [6.45, 7) is 7.70. The number of rotatable bonds is 2. The van der Waals surface area contributed by atoms with Crippen molar-refractivity contribution < 1.29 is 14.6 Å². The first-order valence-electron chi connectivity index (χ1n) is 8.90. The number of ether oxygens (including phenoxy) is 1. The highest BCUT2D eigenvalue weighted by molar-refractivity contribution is 5.73. The van der Waals surface area contributed by atoms with Gasteiger partial charge in [-0.15, -0.1) is 0 Å². The maximum atomic E-state index is 11.8. The van der Waals surface area contributed by atoms with Crippen molar-refractivity contribution >= 4 is 5.91 Å². The lowest BCUT2D eigenvalue weighted by atomic mass is 9.67. The molecule has 0 unspecified atom stereocenters. The van der Waals surface area contributed by atoms with Gasteiger partial charge in [-0.2, -0.15) is 0 Å². The number of piperidine rings is 1. The summed E-state index contributed by atoms with van der Waals surface area (Å²) in [5.41, 5.74) is 0.661. The van der Waals surface area contributed by atoms with E-state index in [1.807, 2.05) is 6.92 Å². The molecule has 0 saturated carbocycles. The van der Waals surface area contributed by atoms with Crippen LogP contribution in [0.25, 0.3) is 0 Å². The SMILES string of the molecule is CC(=O)N[C@@]1(C)C[C@@H]([C@H]2CCCNC2)O[C@H]2[C@H](O)C(C)=CC[C@H]21. The van der Waals surface area contributed by atoms with Crippen LogP contribution in [-0.2, 0) is 9.53 Å². The first-order valence-corrected chi connectivity index (χ1v) is 8.90. The summed E-state index contributed by atoms with van der Waals surface area (Å²) in [6.07, 6.45) is 5.37. The highest BCUT2D eigenvalue weighted by Gasteiger charge is 2.51. The van der Waals surface area contributed by atoms with Gasteiger partial charge in [-0.05, 0) is 57.6 Å². The number of fused-ring (bicyclic) bond motifs is 1. The van der Waals surface area contributed by atoms with Crippen molar-refractivity contribution in [1.82, 2.24) is 10.6 Å². The van der Waals surface area contributed by atoms with Crippen molar-refractivity contribution in [1.29, 1.82) is 0 Å². The molecule has 3 rings (SSSR count). The molecule has 2 heterocycles. The molecule has 2 aliphatic heterocycles. The number of aliphatic hydroxyl groups excluding tert-OH is 1. The van der Waals surface area contributed by atoms with Crippen LogP contribution in [0, 0.1) is 11.8 Å². The van der Waals surface area contributed by atoms with E-state index >= 15 is 0 Å². The Balaban J connectivity index is 1.86. The van der Waals surface area contributed by atoms with Crippen LogP contribution >= 0.6 is 0 Å². The van der Waals surface area contributed by atoms with E-state index in [0.29, 0.717) is 5.92 Å². The number of allylic oxidation sites excluding steroid dienone is 1. The summed E-state index contributed by atoms with van der Waals surface area (Å²) in [5.74, 6) is 0.573. The average Bonchev–Trinajstić information content (AvgIpc) is 2.51. The molecule has 1 amide bonds. The molecule has 1 aliphatic carbocycles. The Labute approximate surface area is 138 Å². The van der Waals surface area contributed by atoms with Crippen molar-refractivity contribution in [3.8, 4) is 0 Å². The van der Waals surface area contributed by atoms with Gasteiger partial charge in [0.25, 0.3) is 0 Å². The Bertz CT molecular complexity index is 487. The van der Waals surface area contributed by atoms with Gasteiger partial charge in [0, 0.05) is 24.9 Å². The van der Waals surface area contributed by atoms with Crippen LogP contribution in [-0.4, -0.2) is 48.0 Å². The number of carbonyl (C=O) groups excluding carboxylic acids is 1. The topological polar surface area (TPSA) is 70.6 Å². The summed E-state index contributed by atoms with van der Waals surface area (Å²) in [6, 6.07) is 0. The molecule has 6 atom stereocenters. The van der Waals surface area contributed by atoms with Crippen molar-refractivity contribution in [2.45, 2.75) is 70.3 Å². The molecule has 0 radical (unpaired) electrons. The van der Waals surface area contributed by atoms with E-state index in [2.05, 4.69) is 23.6 Å². The van der Waals surface area contributed by atoms with E-state index in [1.165, 1.54) is 0 Å². The zero-order valence-corrected chi connectivity index (χ0v) is 14.5. The fourth-order valence-electron chi connectivity index (χ4n) is 4.68. The van der Waals surface area contributed by atoms with E-state index in [1.54, 1.807) is 6.92 Å². The van der Waals surface area contributed by atoms with Crippen molar-refractivity contribution in [2.75, 3.05) is 13.1 Å². The van der Waals surface area contributed by atoms with Gasteiger partial charge in [0.15, 0.2) is 0 Å². The molecule has 0 aromatic rings. The van der Waals surface area contributed by atoms with Crippen LogP contribution < -0.4 is 10.6 Å². The van der Waals surface area contributed by atoms with Crippen LogP contribution in [0.1, 0.15) is 46.5 Å². The normalized spacial score (nSPS) is 44.2. The van der Waals surface area contributed by atoms with E-state index in [4.69, 9.17) is 4.74 Å². The molecule has 23 heavy (non-hydrogen) atoms. The highest BCUT2D eigenvalue weighted by Crippen LogP contribution is 2.44. The van der Waals surface area contributed by atoms with Gasteiger partial charge in [0.2, 0.25) is 5.91 Å². The Morgan fingerprint density at radius 1 is 1.52 bits per heavy atom. The van der Waals surface area contributed by atoms with Crippen LogP contribution in [0.15, 0.2) is 11.6 Å². The smallest absolute Gasteiger partial charge is 0.217 e. The summed E-state index contributed by atoms with van der Waals surface area (Å²) >= 11 is 0. The van der Waals surface area contributed by atoms with Gasteiger partial charge in [0.05, 0.1) is 12.2 Å². The lowest BCUT2D eigenvalue weighted by Gasteiger charge is -2.53. The summed E-state index contributed by atoms with van der Waals surface area (Å²) < 4.78 is 6.41. The molecule has 0 aromatic carbocycles. The van der Waals surface area contributed by atoms with E-state index in [9.17, 15) is 9.90 Å². The molecule has 3 aliphatic rings. The molecule has 0 bridgehead atoms. The van der Waals surface area contributed by atoms with Crippen LogP contribution in [0.4, 0.5) is 0 Å². The molecule has 2 saturated heterocycles. The number of nitrogens with one attached hydrogen (secondary N) is 2. The van der Waals surface area contributed by atoms with Gasteiger partial charge >= 0.3 is 0 Å². The van der Waals surface area contributed by atoms with Crippen LogP contribution in [0.5, 0.6) is 0 Å². The Hall–Kier alpha value is -0.910. The molecule has 5 heteroatoms. The maximum absolute atomic E-state index is 11.8. The fraction of sp³-hybridized carbons (Fsp3) is 0.833. The van der Waals surface area contributed by atoms with E-state index in [-0.39, 0.29) is 29.6 Å². The van der Waals surface area contributed by atoms with E-state index in [0.717, 1.165) is 44.3 Å². The lowest BCUT2D eigenvalue weighted by Crippen LogP contribution is -2.65. The van der Waals surface area contributed by atoms with Crippen LogP contribution in [0.3, 0.4) is 0 Å². The third-order valence-electron chi connectivity index (χ3n) is 5.97. The average molecular weight is 322 g/mol. The van der Waals surface area contributed by atoms with Gasteiger partial charge in [-0.1, -0.05) is 6.08 Å². The molecule has 130 valence electrons. The predicted molar refractivity (Wildman–Crippen MR) is 89.0 cm³/mol. The Morgan fingerprint density at radius 3 is 2.96 bits per heavy atom. The van der Waals surface area contributed by atoms with E-state index < -0.39 is 6.10 Å². The minimum atomic E-state index is -0.568. The number of carbonyl (C=O) groups is 1. The third-order valence-corrected chi connectivity index (χ3v) is 5.97. The second-order valence-electron chi connectivity index (χ2n) is 7.78. The summed E-state index contributed by atoms with van der Waals surface area (Å²) in [7, 11) is 0. The standard InChI is InChI=1S/C18H30N2O3/c1-11-6-7-14-17(16(11)22)23-15(13-5-4-8-19-10-13)9-18(14,3)20-12(2)21/h6,13-17,19,22H,4-5,7-10H2,1-3H3,(H,20,21)/t13-,14+,15-,16+,17+,18-/m0/s1. The number of aliphatic hydroxyl groups is 1. The van der Waals surface area contributed by atoms with Gasteiger partial charge in [-0.3, -0.25) is 4.79 Å². The first kappa shape index (κ1) is 16.9. The second kappa shape index (κ2) is 6.54. The predicted octanol–water partition coefficient (Wildman–Crippen LogP) is 1.37. The fourth-order valence-corrected chi connectivity index (χ4v) is 4.68. The Kier molecular flexibility index (Phi) is 4.81. The highest BCUT2D eigenvalue weighted by atomic mass is 16.5. The summed E-state index contributed by atoms with van der Waals surface area (Å²) in [4.78, 5) is 11.8. The lowest BCUT2D eigenvalue weighted by molar-refractivity contribution is -0.178. The second-order valence-corrected chi connectivity index (χ2v) is 7.78. The van der Waals surface area contributed by atoms with Crippen LogP contribution in [0.2, 0.25) is 0 Å². The monoisotopic (exact) mass is 322 g/mol. The first-order chi connectivity index (χ1) is 10.9. The molecular formula is C18H30N2O3. The van der Waals surface area contributed by atoms with Crippen molar-refractivity contribution in [3.63, 3.8) is 0 Å². The molecule has 2 fully saturated rings. The molecule has 0 aromatic heterocycles. The molecular weight excluding hydrogens is 292 g/mol. The zero-order valence-electron chi connectivity index (χ0n) is 14.5. The minimum absolute atomic E-state index is 0.00515.